The summed E-state index contributed by atoms with van der Waals surface area (Å²) in [4.78, 5) is 14.5. The molecule has 0 bridgehead atoms. The molecule has 1 atom stereocenters. The number of anilines is 1. The third-order valence-electron chi connectivity index (χ3n) is 5.14. The van der Waals surface area contributed by atoms with Gasteiger partial charge in [0.15, 0.2) is 0 Å². The Morgan fingerprint density at radius 1 is 1.08 bits per heavy atom. The maximum Gasteiger partial charge on any atom is 0.317 e. The quantitative estimate of drug-likeness (QED) is 0.903. The number of benzene rings is 1. The van der Waals surface area contributed by atoms with Crippen molar-refractivity contribution in [1.82, 2.24) is 20.4 Å². The number of hydrogen-bond acceptors (Lipinski definition) is 4. The number of hydrogen-bond donors (Lipinski definition) is 2. The molecule has 1 aromatic carbocycles. The van der Waals surface area contributed by atoms with Crippen molar-refractivity contribution in [3.05, 3.63) is 53.7 Å². The number of amides is 2. The van der Waals surface area contributed by atoms with Crippen LogP contribution in [0.4, 0.5) is 10.6 Å². The Bertz CT molecular complexity index is 728. The zero-order chi connectivity index (χ0) is 17.1. The highest BCUT2D eigenvalue weighted by Gasteiger charge is 2.27. The summed E-state index contributed by atoms with van der Waals surface area (Å²) in [6.45, 7) is 1.52. The predicted octanol–water partition coefficient (Wildman–Crippen LogP) is 2.75. The molecule has 4 rings (SSSR count). The molecular weight excluding hydrogens is 314 g/mol. The topological polar surface area (TPSA) is 70.2 Å². The molecule has 2 heterocycles. The van der Waals surface area contributed by atoms with E-state index in [0.29, 0.717) is 6.04 Å². The van der Waals surface area contributed by atoms with Gasteiger partial charge in [-0.15, -0.1) is 5.10 Å². The second-order valence-corrected chi connectivity index (χ2v) is 6.75. The van der Waals surface area contributed by atoms with E-state index in [9.17, 15) is 4.79 Å². The first-order valence-electron chi connectivity index (χ1n) is 8.97. The summed E-state index contributed by atoms with van der Waals surface area (Å²) in [5.41, 5.74) is 2.63. The Balaban J connectivity index is 1.29. The Morgan fingerprint density at radius 3 is 2.72 bits per heavy atom. The van der Waals surface area contributed by atoms with Gasteiger partial charge in [-0.2, -0.15) is 5.10 Å². The van der Waals surface area contributed by atoms with E-state index in [2.05, 4.69) is 39.0 Å². The minimum Gasteiger partial charge on any atom is -0.366 e. The van der Waals surface area contributed by atoms with Gasteiger partial charge in [-0.25, -0.2) is 4.79 Å². The van der Waals surface area contributed by atoms with Crippen LogP contribution < -0.4 is 10.6 Å². The summed E-state index contributed by atoms with van der Waals surface area (Å²) < 4.78 is 0. The predicted molar refractivity (Wildman–Crippen MR) is 96.3 cm³/mol. The molecule has 2 N–H and O–H groups in total. The smallest absolute Gasteiger partial charge is 0.317 e. The molecule has 1 fully saturated rings. The number of piperidine rings is 1. The zero-order valence-corrected chi connectivity index (χ0v) is 14.2. The standard InChI is InChI=1S/C19H23N5O/c25-19(22-17-8-7-14-4-1-2-5-16(14)17)24-12-9-15(10-13-24)21-18-6-3-11-20-23-18/h1-6,11,15,17H,7-10,12-13H2,(H,21,23)(H,22,25). The Hall–Kier alpha value is -2.63. The number of aromatic nitrogens is 2. The fraction of sp³-hybridized carbons (Fsp3) is 0.421. The summed E-state index contributed by atoms with van der Waals surface area (Å²) in [7, 11) is 0. The Morgan fingerprint density at radius 2 is 1.92 bits per heavy atom. The van der Waals surface area contributed by atoms with Crippen LogP contribution in [-0.4, -0.2) is 40.3 Å². The van der Waals surface area contributed by atoms with Crippen molar-refractivity contribution in [3.8, 4) is 0 Å². The molecule has 130 valence electrons. The van der Waals surface area contributed by atoms with Crippen LogP contribution >= 0.6 is 0 Å². The van der Waals surface area contributed by atoms with Crippen molar-refractivity contribution in [2.45, 2.75) is 37.8 Å². The van der Waals surface area contributed by atoms with Crippen LogP contribution in [0.5, 0.6) is 0 Å². The molecule has 0 spiro atoms. The number of urea groups is 1. The first kappa shape index (κ1) is 15.9. The number of rotatable bonds is 3. The van der Waals surface area contributed by atoms with Crippen LogP contribution in [-0.2, 0) is 6.42 Å². The van der Waals surface area contributed by atoms with E-state index < -0.39 is 0 Å². The number of nitrogens with one attached hydrogen (secondary N) is 2. The summed E-state index contributed by atoms with van der Waals surface area (Å²) in [6.07, 6.45) is 5.55. The van der Waals surface area contributed by atoms with E-state index in [1.54, 1.807) is 6.20 Å². The van der Waals surface area contributed by atoms with Gasteiger partial charge in [0.2, 0.25) is 0 Å². The molecule has 2 aromatic rings. The van der Waals surface area contributed by atoms with Gasteiger partial charge in [0.25, 0.3) is 0 Å². The lowest BCUT2D eigenvalue weighted by molar-refractivity contribution is 0.179. The maximum absolute atomic E-state index is 12.6. The van der Waals surface area contributed by atoms with Crippen LogP contribution in [0.25, 0.3) is 0 Å². The molecule has 0 radical (unpaired) electrons. The number of likely N-dealkylation sites (tertiary alicyclic amines) is 1. The zero-order valence-electron chi connectivity index (χ0n) is 14.2. The molecule has 25 heavy (non-hydrogen) atoms. The van der Waals surface area contributed by atoms with Crippen LogP contribution in [0.3, 0.4) is 0 Å². The second-order valence-electron chi connectivity index (χ2n) is 6.75. The number of carbonyl (C=O) groups excluding carboxylic acids is 1. The molecule has 0 saturated carbocycles. The highest BCUT2D eigenvalue weighted by atomic mass is 16.2. The lowest BCUT2D eigenvalue weighted by Gasteiger charge is -2.33. The molecule has 1 unspecified atom stereocenters. The average molecular weight is 337 g/mol. The highest BCUT2D eigenvalue weighted by molar-refractivity contribution is 5.75. The van der Waals surface area contributed by atoms with Crippen molar-refractivity contribution < 1.29 is 4.79 Å². The molecule has 2 aliphatic rings. The van der Waals surface area contributed by atoms with E-state index in [0.717, 1.165) is 44.6 Å². The van der Waals surface area contributed by atoms with E-state index in [4.69, 9.17) is 0 Å². The number of aryl methyl sites for hydroxylation is 1. The first-order chi connectivity index (χ1) is 12.3. The van der Waals surface area contributed by atoms with Crippen molar-refractivity contribution in [2.75, 3.05) is 18.4 Å². The maximum atomic E-state index is 12.6. The first-order valence-corrected chi connectivity index (χ1v) is 8.97. The SMILES string of the molecule is O=C(NC1CCc2ccccc21)N1CCC(Nc2cccnn2)CC1. The number of nitrogens with zero attached hydrogens (tertiary/aromatic N) is 3. The van der Waals surface area contributed by atoms with Crippen molar-refractivity contribution in [2.24, 2.45) is 0 Å². The lowest BCUT2D eigenvalue weighted by atomic mass is 10.1. The van der Waals surface area contributed by atoms with Crippen molar-refractivity contribution in [1.29, 1.82) is 0 Å². The van der Waals surface area contributed by atoms with Gasteiger partial charge in [0, 0.05) is 25.3 Å². The average Bonchev–Trinajstić information content (AvgIpc) is 3.06. The minimum absolute atomic E-state index is 0.0552. The number of fused-ring (bicyclic) bond motifs is 1. The van der Waals surface area contributed by atoms with Gasteiger partial charge in [0.1, 0.15) is 5.82 Å². The largest absolute Gasteiger partial charge is 0.366 e. The molecule has 2 amide bonds. The molecule has 1 aliphatic heterocycles. The monoisotopic (exact) mass is 337 g/mol. The van der Waals surface area contributed by atoms with E-state index >= 15 is 0 Å². The van der Waals surface area contributed by atoms with Crippen molar-refractivity contribution in [3.63, 3.8) is 0 Å². The number of carbonyl (C=O) groups is 1. The normalized spacial score (nSPS) is 20.2. The minimum atomic E-state index is 0.0552. The molecule has 6 nitrogen and oxygen atoms in total. The summed E-state index contributed by atoms with van der Waals surface area (Å²) in [5.74, 6) is 0.799. The third kappa shape index (κ3) is 3.57. The second kappa shape index (κ2) is 7.09. The van der Waals surface area contributed by atoms with E-state index in [-0.39, 0.29) is 12.1 Å². The van der Waals surface area contributed by atoms with E-state index in [1.807, 2.05) is 23.1 Å². The third-order valence-corrected chi connectivity index (χ3v) is 5.14. The molecule has 1 saturated heterocycles. The van der Waals surface area contributed by atoms with Crippen LogP contribution in [0.2, 0.25) is 0 Å². The summed E-state index contributed by atoms with van der Waals surface area (Å²) in [6, 6.07) is 12.7. The summed E-state index contributed by atoms with van der Waals surface area (Å²) in [5, 5.41) is 14.6. The van der Waals surface area contributed by atoms with Gasteiger partial charge in [0.05, 0.1) is 6.04 Å². The molecular formula is C19H23N5O. The Labute approximate surface area is 147 Å². The van der Waals surface area contributed by atoms with Crippen LogP contribution in [0.1, 0.15) is 36.4 Å². The van der Waals surface area contributed by atoms with Gasteiger partial charge >= 0.3 is 6.03 Å². The van der Waals surface area contributed by atoms with E-state index in [1.165, 1.54) is 11.1 Å². The molecule has 1 aliphatic carbocycles. The fourth-order valence-electron chi connectivity index (χ4n) is 3.76. The van der Waals surface area contributed by atoms with Gasteiger partial charge in [-0.05, 0) is 48.9 Å². The fourth-order valence-corrected chi connectivity index (χ4v) is 3.76. The van der Waals surface area contributed by atoms with Gasteiger partial charge in [-0.1, -0.05) is 24.3 Å². The van der Waals surface area contributed by atoms with Crippen LogP contribution in [0.15, 0.2) is 42.6 Å². The highest BCUT2D eigenvalue weighted by Crippen LogP contribution is 2.31. The molecule has 6 heteroatoms. The van der Waals surface area contributed by atoms with Gasteiger partial charge in [-0.3, -0.25) is 0 Å². The van der Waals surface area contributed by atoms with Crippen LogP contribution in [0, 0.1) is 0 Å². The van der Waals surface area contributed by atoms with Crippen molar-refractivity contribution >= 4 is 11.8 Å². The molecule has 1 aromatic heterocycles. The summed E-state index contributed by atoms with van der Waals surface area (Å²) >= 11 is 0. The Kier molecular flexibility index (Phi) is 4.50. The lowest BCUT2D eigenvalue weighted by Crippen LogP contribution is -2.47. The van der Waals surface area contributed by atoms with Gasteiger partial charge < -0.3 is 15.5 Å².